The second-order valence-electron chi connectivity index (χ2n) is 13.6. The molecule has 0 aromatic rings. The maximum atomic E-state index is 4.10. The Kier molecular flexibility index (Phi) is 41.9. The van der Waals surface area contributed by atoms with Gasteiger partial charge in [0.2, 0.25) is 0 Å². The Balaban J connectivity index is 8.18. The van der Waals surface area contributed by atoms with E-state index in [0.717, 1.165) is 0 Å². The van der Waals surface area contributed by atoms with Gasteiger partial charge in [-0.1, -0.05) is 796 Å². The van der Waals surface area contributed by atoms with Crippen LogP contribution in [-0.4, -0.2) is 75.4 Å². The molecule has 0 spiro atoms. The van der Waals surface area contributed by atoms with Crippen LogP contribution in [0.3, 0.4) is 0 Å². The van der Waals surface area contributed by atoms with Gasteiger partial charge < -0.3 is 0 Å². The van der Waals surface area contributed by atoms with Crippen molar-refractivity contribution in [2.75, 3.05) is 0 Å². The van der Waals surface area contributed by atoms with Crippen molar-refractivity contribution in [3.05, 3.63) is 0 Å². The molecule has 0 aromatic heterocycles. The second-order valence-corrected chi connectivity index (χ2v) is 103. The highest BCUT2D eigenvalue weighted by molar-refractivity contribution is 9.45. The van der Waals surface area contributed by atoms with Crippen LogP contribution in [-0.2, 0) is 0 Å². The first-order valence-electron chi connectivity index (χ1n) is 15.2. The largest absolute Gasteiger partial charge is 0.162 e. The van der Waals surface area contributed by atoms with E-state index < -0.39 is 75.4 Å². The van der Waals surface area contributed by atoms with E-state index in [-0.39, 0.29) is 0 Å². The van der Waals surface area contributed by atoms with Gasteiger partial charge in [0.05, 0.1) is 0 Å². The van der Waals surface area contributed by atoms with Crippen molar-refractivity contribution in [2.24, 2.45) is 0 Å². The summed E-state index contributed by atoms with van der Waals surface area (Å²) < 4.78 is -31.4. The van der Waals surface area contributed by atoms with E-state index in [9.17, 15) is 0 Å². The molecule has 0 aromatic carbocycles. The molecular weight excluding hydrogens is 4280 g/mol. The molecule has 0 fully saturated rings. The van der Waals surface area contributed by atoms with E-state index in [1.165, 1.54) is 0 Å². The Morgan fingerprint density at radius 1 is 0.0676 bits per heavy atom. The van der Waals surface area contributed by atoms with Crippen LogP contribution in [0.15, 0.2) is 0 Å². The molecule has 50 heteroatoms. The first-order valence-corrected chi connectivity index (χ1v) is 54.8. The molecule has 0 unspecified atom stereocenters. The lowest BCUT2D eigenvalue weighted by molar-refractivity contribution is 0.510. The highest BCUT2D eigenvalue weighted by Gasteiger charge is 2.86. The minimum Gasteiger partial charge on any atom is -0.0675 e. The minimum absolute atomic E-state index is 0.945. The van der Waals surface area contributed by atoms with Crippen LogP contribution in [0, 0.1) is 0 Å². The summed E-state index contributed by atoms with van der Waals surface area (Å²) in [6.45, 7) is 0. The summed E-state index contributed by atoms with van der Waals surface area (Å²) in [6.07, 6.45) is 0. The maximum absolute atomic E-state index is 4.10. The minimum atomic E-state index is -1.46. The SMILES string of the molecule is BrC(Br)(Br)C(Br)(Br)C(Br)(Br)C(Br)(Br)C(Br)(Br)C(Br)(Br)C(Br)(Br)C(Br)(Br)C(Br)(Br)C(Br)(Br)C(Br)(Br)C(Br)(Br)C(Br)(Br)C(Br)(Br)C(Br)(Br)C(Br)(Br)C(Br)(Br)C(Br)(Br)C(Br)(Br)C(Br)(Br)C(Br)(Br)C(Br)(Br)C(Br)(Br)C(Br)(Br)Br. The fraction of sp³-hybridized carbons (Fsp3) is 1.00. The molecule has 0 amide bonds. The van der Waals surface area contributed by atoms with Crippen molar-refractivity contribution >= 4 is 796 Å². The zero-order valence-electron chi connectivity index (χ0n) is 30.9. The van der Waals surface area contributed by atoms with E-state index in [2.05, 4.69) is 796 Å². The average Bonchev–Trinajstić information content (AvgIpc) is 3.15. The molecule has 0 nitrogen and oxygen atoms in total. The van der Waals surface area contributed by atoms with Gasteiger partial charge in [-0.2, -0.15) is 0 Å². The normalized spacial score (nSPS) is 17.6. The molecule has 0 bridgehead atoms. The molecule has 0 heterocycles. The lowest BCUT2D eigenvalue weighted by Crippen LogP contribution is -2.75. The smallest absolute Gasteiger partial charge is 0.0675 e. The average molecular weight is 4280 g/mol. The lowest BCUT2D eigenvalue weighted by Gasteiger charge is -2.63. The summed E-state index contributed by atoms with van der Waals surface area (Å²) in [5, 5.41) is 0. The molecule has 0 aliphatic carbocycles. The number of halogens is 50. The summed E-state index contributed by atoms with van der Waals surface area (Å²) in [4.78, 5) is 0. The van der Waals surface area contributed by atoms with E-state index in [1.54, 1.807) is 0 Å². The topological polar surface area (TPSA) is 0 Å². The van der Waals surface area contributed by atoms with Crippen LogP contribution in [0.4, 0.5) is 0 Å². The predicted molar refractivity (Wildman–Crippen MR) is 512 cm³/mol. The number of rotatable bonds is 21. The van der Waals surface area contributed by atoms with Crippen molar-refractivity contribution in [1.82, 2.24) is 0 Å². The fourth-order valence-electron chi connectivity index (χ4n) is 4.30. The molecule has 0 saturated carbocycles. The van der Waals surface area contributed by atoms with Crippen LogP contribution in [0.5, 0.6) is 0 Å². The van der Waals surface area contributed by atoms with Gasteiger partial charge >= 0.3 is 0 Å². The summed E-state index contributed by atoms with van der Waals surface area (Å²) in [5.74, 6) is 0. The quantitative estimate of drug-likeness (QED) is 0.101. The second kappa shape index (κ2) is 31.7. The first kappa shape index (κ1) is 98.0. The lowest BCUT2D eigenvalue weighted by atomic mass is 10.00. The van der Waals surface area contributed by atoms with Crippen LogP contribution < -0.4 is 0 Å². The molecule has 0 atom stereocenters. The van der Waals surface area contributed by atoms with Crippen LogP contribution in [0.2, 0.25) is 0 Å². The molecule has 0 rings (SSSR count). The molecular formula is C24Br50. The molecule has 0 saturated heterocycles. The molecule has 0 N–H and O–H groups in total. The van der Waals surface area contributed by atoms with Crippen LogP contribution in [0.1, 0.15) is 0 Å². The van der Waals surface area contributed by atoms with E-state index in [4.69, 9.17) is 0 Å². The van der Waals surface area contributed by atoms with Crippen LogP contribution in [0.25, 0.3) is 0 Å². The van der Waals surface area contributed by atoms with Crippen molar-refractivity contribution in [3.63, 3.8) is 0 Å². The van der Waals surface area contributed by atoms with Gasteiger partial charge in [-0.25, -0.2) is 0 Å². The number of alkyl halides is 50. The van der Waals surface area contributed by atoms with Crippen LogP contribution >= 0.6 is 796 Å². The standard InChI is InChI=1S/C24Br50/c25-1(26,3(29,30)5(33,34)7(37,38)9(41,42)11(45,46)13(49,50)15(53,54)17(57,58)19(61,62)21(65,66)23(69,70)71)2(27,28)4(31,32)6(35,36)8(39,40)10(43,44)12(47,48)14(51,52)16(55,56)18(59,60)20(63,64)22(67,68)24(72,73)74. The summed E-state index contributed by atoms with van der Waals surface area (Å²) in [6, 6.07) is 0. The third-order valence-corrected chi connectivity index (χ3v) is 116. The van der Waals surface area contributed by atoms with E-state index in [1.807, 2.05) is 0 Å². The first-order chi connectivity index (χ1) is 30.8. The maximum Gasteiger partial charge on any atom is 0.162 e. The zero-order chi connectivity index (χ0) is 62.0. The number of hydrogen-bond donors (Lipinski definition) is 0. The van der Waals surface area contributed by atoms with Gasteiger partial charge in [0, 0.05) is 0 Å². The Labute approximate surface area is 849 Å². The monoisotopic (exact) mass is 4230 g/mol. The third kappa shape index (κ3) is 16.2. The van der Waals surface area contributed by atoms with E-state index in [0.29, 0.717) is 0 Å². The fourth-order valence-corrected chi connectivity index (χ4v) is 55.5. The van der Waals surface area contributed by atoms with E-state index >= 15 is 0 Å². The molecule has 74 heavy (non-hydrogen) atoms. The summed E-state index contributed by atoms with van der Waals surface area (Å²) in [5.41, 5.74) is 0. The van der Waals surface area contributed by atoms with Crippen molar-refractivity contribution < 1.29 is 0 Å². The summed E-state index contributed by atoms with van der Waals surface area (Å²) in [7, 11) is 0. The number of hydrogen-bond acceptors (Lipinski definition) is 0. The molecule has 0 aliphatic heterocycles. The van der Waals surface area contributed by atoms with Crippen molar-refractivity contribution in [3.8, 4) is 0 Å². The summed E-state index contributed by atoms with van der Waals surface area (Å²) >= 11 is 199. The Morgan fingerprint density at radius 3 is 0.149 bits per heavy atom. The third-order valence-electron chi connectivity index (χ3n) is 8.99. The Morgan fingerprint density at radius 2 is 0.108 bits per heavy atom. The van der Waals surface area contributed by atoms with Gasteiger partial charge in [0.25, 0.3) is 0 Å². The molecule has 0 radical (unpaired) electrons. The van der Waals surface area contributed by atoms with Gasteiger partial charge in [-0.3, -0.25) is 0 Å². The van der Waals surface area contributed by atoms with Crippen molar-refractivity contribution in [2.45, 2.75) is 75.4 Å². The highest BCUT2D eigenvalue weighted by Crippen LogP contribution is 2.86. The van der Waals surface area contributed by atoms with Crippen molar-refractivity contribution in [1.29, 1.82) is 0 Å². The molecule has 0 aliphatic rings. The predicted octanol–water partition coefficient (Wildman–Crippen LogP) is 37.4. The van der Waals surface area contributed by atoms with Gasteiger partial charge in [0.15, 0.2) is 4.29 Å². The molecule has 446 valence electrons. The Hall–Kier alpha value is 24.0. The van der Waals surface area contributed by atoms with Gasteiger partial charge in [-0.05, 0) is 0 Å². The van der Waals surface area contributed by atoms with Gasteiger partial charge in [0.1, 0.15) is 71.1 Å². The highest BCUT2D eigenvalue weighted by atomic mass is 80.0. The zero-order valence-corrected chi connectivity index (χ0v) is 110. The Bertz CT molecular complexity index is 1880. The van der Waals surface area contributed by atoms with Gasteiger partial charge in [-0.15, -0.1) is 0 Å².